The summed E-state index contributed by atoms with van der Waals surface area (Å²) in [6, 6.07) is 0. The summed E-state index contributed by atoms with van der Waals surface area (Å²) in [5.74, 6) is 0. The normalized spacial score (nSPS) is 18.6. The van der Waals surface area contributed by atoms with Crippen molar-refractivity contribution < 1.29 is 18.3 Å². The molecule has 0 aromatic heterocycles. The lowest BCUT2D eigenvalue weighted by molar-refractivity contribution is -0.254. The average Bonchev–Trinajstić information content (AvgIpc) is 1.61. The molecule has 0 aliphatic heterocycles. The maximum atomic E-state index is 11.7. The van der Waals surface area contributed by atoms with E-state index in [1.165, 1.54) is 0 Å². The molecule has 0 aromatic rings. The van der Waals surface area contributed by atoms with E-state index in [9.17, 15) is 13.2 Å². The summed E-state index contributed by atoms with van der Waals surface area (Å²) in [4.78, 5) is 0. The van der Waals surface area contributed by atoms with E-state index in [-0.39, 0.29) is 6.54 Å². The van der Waals surface area contributed by atoms with Crippen LogP contribution < -0.4 is 5.73 Å². The van der Waals surface area contributed by atoms with Gasteiger partial charge in [-0.2, -0.15) is 13.2 Å². The Morgan fingerprint density at radius 1 is 1.40 bits per heavy atom. The highest BCUT2D eigenvalue weighted by Crippen LogP contribution is 2.31. The fourth-order valence-corrected chi connectivity index (χ4v) is 0.423. The van der Waals surface area contributed by atoms with Crippen LogP contribution in [0.25, 0.3) is 0 Å². The maximum absolute atomic E-state index is 11.7. The molecule has 0 fully saturated rings. The van der Waals surface area contributed by atoms with Gasteiger partial charge in [-0.1, -0.05) is 0 Å². The molecule has 1 atom stereocenters. The summed E-state index contributed by atoms with van der Waals surface area (Å²) in [5.41, 5.74) is 2.21. The molecule has 3 N–H and O–H groups in total. The zero-order valence-electron chi connectivity index (χ0n) is 5.57. The summed E-state index contributed by atoms with van der Waals surface area (Å²) in [7, 11) is 0. The van der Waals surface area contributed by atoms with Crippen molar-refractivity contribution in [3.63, 3.8) is 0 Å². The number of hydrogen-bond donors (Lipinski definition) is 2. The first-order valence-corrected chi connectivity index (χ1v) is 2.80. The lowest BCUT2D eigenvalue weighted by Crippen LogP contribution is -2.43. The van der Waals surface area contributed by atoms with E-state index in [0.29, 0.717) is 6.92 Å². The summed E-state index contributed by atoms with van der Waals surface area (Å²) >= 11 is 0. The summed E-state index contributed by atoms with van der Waals surface area (Å²) in [5, 5.41) is 8.65. The summed E-state index contributed by atoms with van der Waals surface area (Å²) < 4.78 is 35.1. The molecule has 62 valence electrons. The van der Waals surface area contributed by atoms with Crippen LogP contribution in [0.2, 0.25) is 0 Å². The Kier molecular flexibility index (Phi) is 2.67. The zero-order valence-corrected chi connectivity index (χ0v) is 5.57. The van der Waals surface area contributed by atoms with Crippen molar-refractivity contribution in [2.45, 2.75) is 25.1 Å². The molecule has 0 aliphatic rings. The molecule has 0 saturated heterocycles. The van der Waals surface area contributed by atoms with Crippen molar-refractivity contribution in [2.75, 3.05) is 6.54 Å². The van der Waals surface area contributed by atoms with Crippen LogP contribution in [-0.4, -0.2) is 23.4 Å². The molecule has 0 radical (unpaired) electrons. The van der Waals surface area contributed by atoms with E-state index < -0.39 is 18.2 Å². The predicted molar refractivity (Wildman–Crippen MR) is 30.4 cm³/mol. The summed E-state index contributed by atoms with van der Waals surface area (Å²) in [6.45, 7) is 0.534. The quantitative estimate of drug-likeness (QED) is 0.618. The Morgan fingerprint density at radius 3 is 1.90 bits per heavy atom. The Morgan fingerprint density at radius 2 is 1.80 bits per heavy atom. The van der Waals surface area contributed by atoms with Gasteiger partial charge in [-0.3, -0.25) is 0 Å². The molecule has 10 heavy (non-hydrogen) atoms. The van der Waals surface area contributed by atoms with E-state index in [0.717, 1.165) is 0 Å². The molecule has 0 amide bonds. The Balaban J connectivity index is 4.10. The second-order valence-electron chi connectivity index (χ2n) is 2.31. The predicted octanol–water partition coefficient (Wildman–Crippen LogP) is 0.649. The van der Waals surface area contributed by atoms with Crippen molar-refractivity contribution >= 4 is 0 Å². The van der Waals surface area contributed by atoms with Crippen LogP contribution in [0.4, 0.5) is 13.2 Å². The van der Waals surface area contributed by atoms with Gasteiger partial charge < -0.3 is 10.8 Å². The molecule has 0 aromatic carbocycles. The van der Waals surface area contributed by atoms with Crippen LogP contribution in [0, 0.1) is 0 Å². The number of halogens is 3. The molecular weight excluding hydrogens is 147 g/mol. The Hall–Kier alpha value is -0.290. The van der Waals surface area contributed by atoms with Gasteiger partial charge in [0.15, 0.2) is 5.60 Å². The van der Waals surface area contributed by atoms with Gasteiger partial charge >= 0.3 is 6.18 Å². The van der Waals surface area contributed by atoms with Crippen molar-refractivity contribution in [3.05, 3.63) is 0 Å². The highest BCUT2D eigenvalue weighted by Gasteiger charge is 2.48. The van der Waals surface area contributed by atoms with Crippen LogP contribution >= 0.6 is 0 Å². The first-order valence-electron chi connectivity index (χ1n) is 2.80. The minimum atomic E-state index is -4.58. The number of alkyl halides is 3. The molecule has 1 unspecified atom stereocenters. The van der Waals surface area contributed by atoms with Crippen LogP contribution in [0.5, 0.6) is 0 Å². The molecule has 0 aliphatic carbocycles. The zero-order chi connectivity index (χ0) is 8.41. The minimum Gasteiger partial charge on any atom is -0.381 e. The molecule has 0 saturated carbocycles. The molecular formula is C5H10F3NO. The molecule has 2 nitrogen and oxygen atoms in total. The third kappa shape index (κ3) is 2.15. The number of hydrogen-bond acceptors (Lipinski definition) is 2. The van der Waals surface area contributed by atoms with Crippen LogP contribution in [-0.2, 0) is 0 Å². The first kappa shape index (κ1) is 9.71. The van der Waals surface area contributed by atoms with Gasteiger partial charge in [0, 0.05) is 0 Å². The molecule has 0 rings (SSSR count). The monoisotopic (exact) mass is 157 g/mol. The highest BCUT2D eigenvalue weighted by molar-refractivity contribution is 4.81. The van der Waals surface area contributed by atoms with Crippen LogP contribution in [0.3, 0.4) is 0 Å². The highest BCUT2D eigenvalue weighted by atomic mass is 19.4. The van der Waals surface area contributed by atoms with Gasteiger partial charge in [0.25, 0.3) is 0 Å². The fourth-order valence-electron chi connectivity index (χ4n) is 0.423. The number of rotatable bonds is 2. The third-order valence-corrected chi connectivity index (χ3v) is 1.24. The standard InChI is InChI=1S/C5H10F3NO/c1-4(10,2-3-9)5(6,7)8/h10H,2-3,9H2,1H3. The first-order chi connectivity index (χ1) is 4.31. The van der Waals surface area contributed by atoms with Gasteiger partial charge in [0.05, 0.1) is 0 Å². The largest absolute Gasteiger partial charge is 0.416 e. The van der Waals surface area contributed by atoms with Crippen molar-refractivity contribution in [1.82, 2.24) is 0 Å². The lowest BCUT2D eigenvalue weighted by Gasteiger charge is -2.25. The van der Waals surface area contributed by atoms with E-state index in [1.54, 1.807) is 0 Å². The van der Waals surface area contributed by atoms with Crippen molar-refractivity contribution in [2.24, 2.45) is 5.73 Å². The van der Waals surface area contributed by atoms with Gasteiger partial charge in [-0.05, 0) is 19.9 Å². The lowest BCUT2D eigenvalue weighted by atomic mass is 10.0. The Labute approximate surface area is 56.8 Å². The van der Waals surface area contributed by atoms with Crippen molar-refractivity contribution in [1.29, 1.82) is 0 Å². The molecule has 0 spiro atoms. The second kappa shape index (κ2) is 2.75. The number of aliphatic hydroxyl groups is 1. The third-order valence-electron chi connectivity index (χ3n) is 1.24. The average molecular weight is 157 g/mol. The van der Waals surface area contributed by atoms with E-state index in [2.05, 4.69) is 0 Å². The van der Waals surface area contributed by atoms with E-state index in [1.807, 2.05) is 0 Å². The van der Waals surface area contributed by atoms with Gasteiger partial charge in [-0.15, -0.1) is 0 Å². The molecule has 0 heterocycles. The Bertz CT molecular complexity index is 110. The molecule has 5 heteroatoms. The van der Waals surface area contributed by atoms with E-state index >= 15 is 0 Å². The maximum Gasteiger partial charge on any atom is 0.416 e. The minimum absolute atomic E-state index is 0.174. The SMILES string of the molecule is CC(O)(CCN)C(F)(F)F. The smallest absolute Gasteiger partial charge is 0.381 e. The molecule has 0 bridgehead atoms. The van der Waals surface area contributed by atoms with Crippen molar-refractivity contribution in [3.8, 4) is 0 Å². The van der Waals surface area contributed by atoms with E-state index in [4.69, 9.17) is 10.8 Å². The topological polar surface area (TPSA) is 46.2 Å². The summed E-state index contributed by atoms with van der Waals surface area (Å²) in [6.07, 6.45) is -5.04. The fraction of sp³-hybridized carbons (Fsp3) is 1.00. The van der Waals surface area contributed by atoms with Crippen LogP contribution in [0.1, 0.15) is 13.3 Å². The number of nitrogens with two attached hydrogens (primary N) is 1. The van der Waals surface area contributed by atoms with Crippen LogP contribution in [0.15, 0.2) is 0 Å². The second-order valence-corrected chi connectivity index (χ2v) is 2.31. The van der Waals surface area contributed by atoms with Gasteiger partial charge in [0.1, 0.15) is 0 Å². The van der Waals surface area contributed by atoms with Gasteiger partial charge in [0.2, 0.25) is 0 Å². The van der Waals surface area contributed by atoms with Gasteiger partial charge in [-0.25, -0.2) is 0 Å².